The lowest BCUT2D eigenvalue weighted by Crippen LogP contribution is -2.36. The van der Waals surface area contributed by atoms with Crippen LogP contribution in [-0.4, -0.2) is 47.4 Å². The zero-order valence-corrected chi connectivity index (χ0v) is 12.0. The van der Waals surface area contributed by atoms with Crippen LogP contribution in [0.3, 0.4) is 0 Å². The van der Waals surface area contributed by atoms with Gasteiger partial charge in [0.25, 0.3) is 0 Å². The number of ether oxygens (including phenoxy) is 1. The van der Waals surface area contributed by atoms with Crippen LogP contribution in [0.5, 0.6) is 0 Å². The third kappa shape index (κ3) is 5.16. The number of nitrogens with one attached hydrogen (secondary N) is 2. The first-order valence-electron chi connectivity index (χ1n) is 6.95. The van der Waals surface area contributed by atoms with Crippen molar-refractivity contribution >= 4 is 17.5 Å². The number of carbonyl (C=O) groups excluding carboxylic acids is 2. The average molecular weight is 295 g/mol. The van der Waals surface area contributed by atoms with E-state index < -0.39 is 6.04 Å². The van der Waals surface area contributed by atoms with Gasteiger partial charge in [0.1, 0.15) is 6.54 Å². The van der Waals surface area contributed by atoms with Gasteiger partial charge < -0.3 is 21.1 Å². The molecule has 2 amide bonds. The molecule has 0 aliphatic heterocycles. The van der Waals surface area contributed by atoms with Crippen molar-refractivity contribution < 1.29 is 14.3 Å². The molecule has 4 N–H and O–H groups in total. The molecule has 1 fully saturated rings. The number of hydrogen-bond donors (Lipinski definition) is 3. The Bertz CT molecular complexity index is 498. The molecule has 0 aromatic carbocycles. The molecule has 0 saturated heterocycles. The minimum absolute atomic E-state index is 0.0738. The molecule has 1 saturated carbocycles. The Kier molecular flexibility index (Phi) is 5.29. The summed E-state index contributed by atoms with van der Waals surface area (Å²) in [5.41, 5.74) is 6.24. The van der Waals surface area contributed by atoms with Gasteiger partial charge in [-0.05, 0) is 19.3 Å². The van der Waals surface area contributed by atoms with Crippen molar-refractivity contribution in [3.63, 3.8) is 0 Å². The third-order valence-electron chi connectivity index (χ3n) is 3.12. The highest BCUT2D eigenvalue weighted by atomic mass is 16.5. The Morgan fingerprint density at radius 3 is 3.00 bits per heavy atom. The first kappa shape index (κ1) is 15.5. The fourth-order valence-electron chi connectivity index (χ4n) is 1.77. The number of carbonyl (C=O) groups is 2. The number of methoxy groups -OCH3 is 1. The second-order valence-corrected chi connectivity index (χ2v) is 5.15. The lowest BCUT2D eigenvalue weighted by molar-refractivity contribution is -0.122. The van der Waals surface area contributed by atoms with E-state index in [1.807, 2.05) is 0 Å². The Morgan fingerprint density at radius 1 is 1.57 bits per heavy atom. The van der Waals surface area contributed by atoms with Crippen LogP contribution in [0.4, 0.5) is 5.69 Å². The zero-order valence-electron chi connectivity index (χ0n) is 12.0. The fraction of sp³-hybridized carbons (Fsp3) is 0.615. The Balaban J connectivity index is 1.78. The molecule has 1 atom stereocenters. The van der Waals surface area contributed by atoms with E-state index >= 15 is 0 Å². The maximum atomic E-state index is 11.8. The van der Waals surface area contributed by atoms with Gasteiger partial charge in [-0.15, -0.1) is 0 Å². The number of nitrogens with two attached hydrogens (primary N) is 1. The van der Waals surface area contributed by atoms with Crippen LogP contribution in [0.15, 0.2) is 12.4 Å². The van der Waals surface area contributed by atoms with Crippen LogP contribution < -0.4 is 16.4 Å². The van der Waals surface area contributed by atoms with Crippen molar-refractivity contribution in [1.82, 2.24) is 15.1 Å². The number of amides is 2. The maximum Gasteiger partial charge on any atom is 0.241 e. The summed E-state index contributed by atoms with van der Waals surface area (Å²) in [6.07, 6.45) is 5.63. The summed E-state index contributed by atoms with van der Waals surface area (Å²) in [6, 6.07) is -0.308. The van der Waals surface area contributed by atoms with Gasteiger partial charge in [0.15, 0.2) is 0 Å². The summed E-state index contributed by atoms with van der Waals surface area (Å²) < 4.78 is 6.36. The zero-order chi connectivity index (χ0) is 15.2. The molecule has 1 unspecified atom stereocenters. The van der Waals surface area contributed by atoms with Crippen molar-refractivity contribution in [2.45, 2.75) is 37.9 Å². The fourth-order valence-corrected chi connectivity index (χ4v) is 1.77. The first-order chi connectivity index (χ1) is 10.1. The van der Waals surface area contributed by atoms with Crippen LogP contribution in [0.2, 0.25) is 0 Å². The van der Waals surface area contributed by atoms with E-state index in [1.54, 1.807) is 13.3 Å². The molecule has 0 bridgehead atoms. The number of rotatable bonds is 8. The van der Waals surface area contributed by atoms with Crippen LogP contribution in [0, 0.1) is 0 Å². The number of aromatic nitrogens is 2. The van der Waals surface area contributed by atoms with Crippen molar-refractivity contribution in [2.24, 2.45) is 5.73 Å². The quantitative estimate of drug-likeness (QED) is 0.596. The SMILES string of the molecule is COCCC(N)C(=O)Nc1cnn(CC(=O)NC2CC2)c1. The summed E-state index contributed by atoms with van der Waals surface area (Å²) in [5.74, 6) is -0.371. The van der Waals surface area contributed by atoms with Gasteiger partial charge in [-0.25, -0.2) is 0 Å². The molecule has 1 aromatic rings. The van der Waals surface area contributed by atoms with Gasteiger partial charge in [0, 0.05) is 26.0 Å². The molecule has 1 aliphatic carbocycles. The monoisotopic (exact) mass is 295 g/mol. The Morgan fingerprint density at radius 2 is 2.33 bits per heavy atom. The molecule has 8 heteroatoms. The van der Waals surface area contributed by atoms with Crippen molar-refractivity contribution in [1.29, 1.82) is 0 Å². The van der Waals surface area contributed by atoms with Crippen LogP contribution in [0.1, 0.15) is 19.3 Å². The molecular weight excluding hydrogens is 274 g/mol. The maximum absolute atomic E-state index is 11.8. The molecule has 8 nitrogen and oxygen atoms in total. The molecule has 2 rings (SSSR count). The molecule has 21 heavy (non-hydrogen) atoms. The predicted molar refractivity (Wildman–Crippen MR) is 76.5 cm³/mol. The minimum Gasteiger partial charge on any atom is -0.385 e. The van der Waals surface area contributed by atoms with Gasteiger partial charge in [-0.3, -0.25) is 14.3 Å². The van der Waals surface area contributed by atoms with Crippen molar-refractivity contribution in [3.8, 4) is 0 Å². The summed E-state index contributed by atoms with van der Waals surface area (Å²) in [5, 5.41) is 9.57. The molecule has 0 radical (unpaired) electrons. The van der Waals surface area contributed by atoms with E-state index in [2.05, 4.69) is 15.7 Å². The van der Waals surface area contributed by atoms with E-state index in [9.17, 15) is 9.59 Å². The van der Waals surface area contributed by atoms with E-state index in [1.165, 1.54) is 10.9 Å². The minimum atomic E-state index is -0.633. The van der Waals surface area contributed by atoms with E-state index in [-0.39, 0.29) is 18.4 Å². The Labute approximate surface area is 123 Å². The van der Waals surface area contributed by atoms with Crippen molar-refractivity contribution in [2.75, 3.05) is 19.0 Å². The standard InChI is InChI=1S/C13H21N5O3/c1-21-5-4-11(14)13(20)17-10-6-15-18(7-10)8-12(19)16-9-2-3-9/h6-7,9,11H,2-5,8,14H2,1H3,(H,16,19)(H,17,20). The molecule has 1 heterocycles. The topological polar surface area (TPSA) is 111 Å². The lowest BCUT2D eigenvalue weighted by atomic mass is 10.2. The van der Waals surface area contributed by atoms with Crippen LogP contribution in [0.25, 0.3) is 0 Å². The summed E-state index contributed by atoms with van der Waals surface area (Å²) in [6.45, 7) is 0.567. The molecule has 116 valence electrons. The second-order valence-electron chi connectivity index (χ2n) is 5.15. The van der Waals surface area contributed by atoms with Gasteiger partial charge in [0.2, 0.25) is 11.8 Å². The molecule has 0 spiro atoms. The second kappa shape index (κ2) is 7.19. The largest absolute Gasteiger partial charge is 0.385 e. The smallest absolute Gasteiger partial charge is 0.241 e. The number of anilines is 1. The van der Waals surface area contributed by atoms with Gasteiger partial charge in [-0.2, -0.15) is 5.10 Å². The highest BCUT2D eigenvalue weighted by molar-refractivity contribution is 5.94. The lowest BCUT2D eigenvalue weighted by Gasteiger charge is -2.10. The van der Waals surface area contributed by atoms with Gasteiger partial charge >= 0.3 is 0 Å². The van der Waals surface area contributed by atoms with E-state index in [0.29, 0.717) is 24.8 Å². The predicted octanol–water partition coefficient (Wildman–Crippen LogP) is -0.536. The molecular formula is C13H21N5O3. The normalized spacial score (nSPS) is 15.5. The van der Waals surface area contributed by atoms with E-state index in [0.717, 1.165) is 12.8 Å². The number of hydrogen-bond acceptors (Lipinski definition) is 5. The number of nitrogens with zero attached hydrogens (tertiary/aromatic N) is 2. The Hall–Kier alpha value is -1.93. The van der Waals surface area contributed by atoms with Crippen molar-refractivity contribution in [3.05, 3.63) is 12.4 Å². The average Bonchev–Trinajstić information content (AvgIpc) is 3.15. The highest BCUT2D eigenvalue weighted by Crippen LogP contribution is 2.18. The third-order valence-corrected chi connectivity index (χ3v) is 3.12. The van der Waals surface area contributed by atoms with Crippen LogP contribution >= 0.6 is 0 Å². The summed E-state index contributed by atoms with van der Waals surface area (Å²) >= 11 is 0. The molecule has 1 aromatic heterocycles. The first-order valence-corrected chi connectivity index (χ1v) is 6.95. The van der Waals surface area contributed by atoms with Gasteiger partial charge in [-0.1, -0.05) is 0 Å². The van der Waals surface area contributed by atoms with Gasteiger partial charge in [0.05, 0.1) is 17.9 Å². The summed E-state index contributed by atoms with van der Waals surface area (Å²) in [7, 11) is 1.56. The van der Waals surface area contributed by atoms with E-state index in [4.69, 9.17) is 10.5 Å². The van der Waals surface area contributed by atoms with Crippen LogP contribution in [-0.2, 0) is 20.9 Å². The molecule has 1 aliphatic rings. The highest BCUT2D eigenvalue weighted by Gasteiger charge is 2.23. The summed E-state index contributed by atoms with van der Waals surface area (Å²) in [4.78, 5) is 23.4.